The van der Waals surface area contributed by atoms with Crippen LogP contribution in [-0.2, 0) is 14.8 Å². The topological polar surface area (TPSA) is 75.7 Å². The molecule has 1 aliphatic rings. The average Bonchev–Trinajstić information content (AvgIpc) is 3.02. The zero-order valence-corrected chi connectivity index (χ0v) is 15.0. The van der Waals surface area contributed by atoms with Crippen molar-refractivity contribution in [1.29, 1.82) is 0 Å². The highest BCUT2D eigenvalue weighted by Crippen LogP contribution is 2.34. The van der Waals surface area contributed by atoms with Gasteiger partial charge >= 0.3 is 0 Å². The van der Waals surface area contributed by atoms with Crippen molar-refractivity contribution in [2.24, 2.45) is 0 Å². The normalized spacial score (nSPS) is 14.6. The molecule has 0 radical (unpaired) electrons. The highest BCUT2D eigenvalue weighted by molar-refractivity contribution is 7.92. The number of rotatable bonds is 5. The van der Waals surface area contributed by atoms with E-state index in [9.17, 15) is 13.2 Å². The molecule has 25 heavy (non-hydrogen) atoms. The Labute approximate surface area is 147 Å². The van der Waals surface area contributed by atoms with Crippen LogP contribution in [0.25, 0.3) is 0 Å². The van der Waals surface area contributed by atoms with Crippen LogP contribution in [0.4, 0.5) is 11.4 Å². The molecule has 132 valence electrons. The molecule has 0 unspecified atom stereocenters. The summed E-state index contributed by atoms with van der Waals surface area (Å²) < 4.78 is 33.4. The molecule has 0 aliphatic carbocycles. The van der Waals surface area contributed by atoms with Crippen LogP contribution in [0.3, 0.4) is 0 Å². The van der Waals surface area contributed by atoms with Gasteiger partial charge in [0.1, 0.15) is 5.75 Å². The van der Waals surface area contributed by atoms with Gasteiger partial charge in [0.25, 0.3) is 10.0 Å². The molecule has 2 aromatic carbocycles. The summed E-state index contributed by atoms with van der Waals surface area (Å²) in [6, 6.07) is 11.7. The minimum Gasteiger partial charge on any atom is -0.495 e. The first-order valence-corrected chi connectivity index (χ1v) is 9.47. The molecule has 0 bridgehead atoms. The van der Waals surface area contributed by atoms with Crippen LogP contribution in [0, 0.1) is 6.92 Å². The Morgan fingerprint density at radius 2 is 1.92 bits per heavy atom. The molecule has 1 amide bonds. The molecule has 6 nitrogen and oxygen atoms in total. The minimum absolute atomic E-state index is 0.0280. The molecular formula is C18H20N2O4S. The largest absolute Gasteiger partial charge is 0.495 e. The van der Waals surface area contributed by atoms with Crippen LogP contribution >= 0.6 is 0 Å². The van der Waals surface area contributed by atoms with Crippen LogP contribution in [0.2, 0.25) is 0 Å². The number of carbonyl (C=O) groups excluding carboxylic acids is 1. The van der Waals surface area contributed by atoms with Gasteiger partial charge in [0, 0.05) is 13.0 Å². The number of aryl methyl sites for hydroxylation is 1. The quantitative estimate of drug-likeness (QED) is 0.889. The maximum atomic E-state index is 12.7. The van der Waals surface area contributed by atoms with E-state index in [1.165, 1.54) is 19.2 Å². The lowest BCUT2D eigenvalue weighted by molar-refractivity contribution is -0.117. The van der Waals surface area contributed by atoms with Crippen molar-refractivity contribution < 1.29 is 17.9 Å². The Balaban J connectivity index is 1.99. The molecule has 0 saturated carbocycles. The Kier molecular flexibility index (Phi) is 4.67. The summed E-state index contributed by atoms with van der Waals surface area (Å²) in [4.78, 5) is 13.7. The summed E-state index contributed by atoms with van der Waals surface area (Å²) in [5.74, 6) is 0.449. The molecule has 3 rings (SSSR count). The molecule has 7 heteroatoms. The molecule has 1 N–H and O–H groups in total. The lowest BCUT2D eigenvalue weighted by Gasteiger charge is -2.20. The number of carbonyl (C=O) groups is 1. The minimum atomic E-state index is -3.77. The van der Waals surface area contributed by atoms with E-state index in [0.29, 0.717) is 30.1 Å². The van der Waals surface area contributed by atoms with Gasteiger partial charge in [0.05, 0.1) is 23.4 Å². The van der Waals surface area contributed by atoms with Crippen molar-refractivity contribution in [3.8, 4) is 5.75 Å². The van der Waals surface area contributed by atoms with Gasteiger partial charge in [0.15, 0.2) is 0 Å². The van der Waals surface area contributed by atoms with E-state index in [1.54, 1.807) is 23.1 Å². The zero-order chi connectivity index (χ0) is 18.0. The van der Waals surface area contributed by atoms with Crippen LogP contribution in [0.5, 0.6) is 5.75 Å². The number of nitrogens with one attached hydrogen (secondary N) is 1. The number of methoxy groups -OCH3 is 1. The lowest BCUT2D eigenvalue weighted by Crippen LogP contribution is -2.25. The molecule has 0 atom stereocenters. The second-order valence-electron chi connectivity index (χ2n) is 5.90. The van der Waals surface area contributed by atoms with Gasteiger partial charge in [-0.3, -0.25) is 9.52 Å². The number of para-hydroxylation sites is 1. The van der Waals surface area contributed by atoms with Crippen molar-refractivity contribution in [2.45, 2.75) is 24.7 Å². The predicted molar refractivity (Wildman–Crippen MR) is 96.6 cm³/mol. The molecule has 1 fully saturated rings. The number of hydrogen-bond acceptors (Lipinski definition) is 4. The molecule has 0 aromatic heterocycles. The Hall–Kier alpha value is -2.54. The smallest absolute Gasteiger partial charge is 0.261 e. The molecule has 2 aromatic rings. The van der Waals surface area contributed by atoms with E-state index in [4.69, 9.17) is 4.74 Å². The van der Waals surface area contributed by atoms with Crippen LogP contribution < -0.4 is 14.4 Å². The highest BCUT2D eigenvalue weighted by Gasteiger charge is 2.26. The third-order valence-electron chi connectivity index (χ3n) is 4.21. The summed E-state index contributed by atoms with van der Waals surface area (Å²) in [7, 11) is -2.27. The van der Waals surface area contributed by atoms with Crippen LogP contribution in [0.1, 0.15) is 18.4 Å². The summed E-state index contributed by atoms with van der Waals surface area (Å²) >= 11 is 0. The fraction of sp³-hybridized carbons (Fsp3) is 0.278. The van der Waals surface area contributed by atoms with Gasteiger partial charge in [-0.1, -0.05) is 18.2 Å². The number of amides is 1. The zero-order valence-electron chi connectivity index (χ0n) is 14.2. The van der Waals surface area contributed by atoms with Gasteiger partial charge in [0.2, 0.25) is 5.91 Å². The fourth-order valence-electron chi connectivity index (χ4n) is 2.84. The van der Waals surface area contributed by atoms with E-state index in [0.717, 1.165) is 12.0 Å². The van der Waals surface area contributed by atoms with Gasteiger partial charge in [-0.05, 0) is 43.2 Å². The second-order valence-corrected chi connectivity index (χ2v) is 7.59. The molecule has 1 aliphatic heterocycles. The van der Waals surface area contributed by atoms with Crippen molar-refractivity contribution in [1.82, 2.24) is 0 Å². The monoisotopic (exact) mass is 360 g/mol. The predicted octanol–water partition coefficient (Wildman–Crippen LogP) is 2.93. The molecule has 1 heterocycles. The highest BCUT2D eigenvalue weighted by atomic mass is 32.2. The van der Waals surface area contributed by atoms with E-state index >= 15 is 0 Å². The van der Waals surface area contributed by atoms with Gasteiger partial charge in [-0.15, -0.1) is 0 Å². The van der Waals surface area contributed by atoms with Gasteiger partial charge in [-0.2, -0.15) is 0 Å². The Bertz CT molecular complexity index is 909. The number of nitrogens with zero attached hydrogens (tertiary/aromatic N) is 1. The first kappa shape index (κ1) is 17.3. The standard InChI is InChI=1S/C18H20N2O4S/c1-13-6-3-4-7-15(13)19-25(22,23)14-9-10-17(24-2)16(12-14)20-11-5-8-18(20)21/h3-4,6-7,9-10,12,19H,5,8,11H2,1-2H3. The number of sulfonamides is 1. The molecule has 0 spiro atoms. The Morgan fingerprint density at radius 3 is 2.56 bits per heavy atom. The third kappa shape index (κ3) is 3.46. The summed E-state index contributed by atoms with van der Waals surface area (Å²) in [5.41, 5.74) is 1.84. The fourth-order valence-corrected chi connectivity index (χ4v) is 3.99. The first-order chi connectivity index (χ1) is 11.9. The van der Waals surface area contributed by atoms with E-state index in [2.05, 4.69) is 4.72 Å². The average molecular weight is 360 g/mol. The van der Waals surface area contributed by atoms with Crippen LogP contribution in [-0.4, -0.2) is 28.0 Å². The van der Waals surface area contributed by atoms with E-state index < -0.39 is 10.0 Å². The summed E-state index contributed by atoms with van der Waals surface area (Å²) in [6.07, 6.45) is 1.21. The summed E-state index contributed by atoms with van der Waals surface area (Å²) in [5, 5.41) is 0. The third-order valence-corrected chi connectivity index (χ3v) is 5.58. The van der Waals surface area contributed by atoms with Gasteiger partial charge in [-0.25, -0.2) is 8.42 Å². The molecular weight excluding hydrogens is 340 g/mol. The Morgan fingerprint density at radius 1 is 1.16 bits per heavy atom. The van der Waals surface area contributed by atoms with Crippen molar-refractivity contribution in [3.63, 3.8) is 0 Å². The number of ether oxygens (including phenoxy) is 1. The SMILES string of the molecule is COc1ccc(S(=O)(=O)Nc2ccccc2C)cc1N1CCCC1=O. The number of anilines is 2. The lowest BCUT2D eigenvalue weighted by atomic mass is 10.2. The van der Waals surface area contributed by atoms with Crippen molar-refractivity contribution >= 4 is 27.3 Å². The van der Waals surface area contributed by atoms with Gasteiger partial charge < -0.3 is 9.64 Å². The van der Waals surface area contributed by atoms with Crippen LogP contribution in [0.15, 0.2) is 47.4 Å². The number of hydrogen-bond donors (Lipinski definition) is 1. The van der Waals surface area contributed by atoms with Crippen molar-refractivity contribution in [3.05, 3.63) is 48.0 Å². The summed E-state index contributed by atoms with van der Waals surface area (Å²) in [6.45, 7) is 2.39. The van der Waals surface area contributed by atoms with Crippen molar-refractivity contribution in [2.75, 3.05) is 23.3 Å². The maximum Gasteiger partial charge on any atom is 0.261 e. The maximum absolute atomic E-state index is 12.7. The van der Waals surface area contributed by atoms with E-state index in [-0.39, 0.29) is 10.8 Å². The first-order valence-electron chi connectivity index (χ1n) is 7.99. The van der Waals surface area contributed by atoms with E-state index in [1.807, 2.05) is 19.1 Å². The molecule has 1 saturated heterocycles. The number of benzene rings is 2. The second kappa shape index (κ2) is 6.76.